The molecule has 0 N–H and O–H groups in total. The minimum Gasteiger partial charge on any atom is -0.143 e. The summed E-state index contributed by atoms with van der Waals surface area (Å²) in [4.78, 5) is 2.12. The lowest BCUT2D eigenvalue weighted by Gasteiger charge is -2.15. The van der Waals surface area contributed by atoms with Crippen molar-refractivity contribution in [3.05, 3.63) is 71.8 Å². The van der Waals surface area contributed by atoms with Crippen LogP contribution in [0.5, 0.6) is 0 Å². The van der Waals surface area contributed by atoms with E-state index in [0.717, 1.165) is 9.79 Å². The van der Waals surface area contributed by atoms with E-state index < -0.39 is 0 Å². The fourth-order valence-corrected chi connectivity index (χ4v) is 4.42. The van der Waals surface area contributed by atoms with Gasteiger partial charge < -0.3 is 0 Å². The Hall–Kier alpha value is -0.770. The van der Waals surface area contributed by atoms with Crippen molar-refractivity contribution in [2.45, 2.75) is 20.3 Å². The molecule has 3 rings (SSSR count). The van der Waals surface area contributed by atoms with Crippen LogP contribution in [0.3, 0.4) is 0 Å². The van der Waals surface area contributed by atoms with Crippen LogP contribution in [0.4, 0.5) is 0 Å². The van der Waals surface area contributed by atoms with Crippen LogP contribution in [0.1, 0.15) is 21.6 Å². The molecule has 0 nitrogen and oxygen atoms in total. The van der Waals surface area contributed by atoms with E-state index in [1.54, 1.807) is 0 Å². The molecule has 96 valence electrons. The zero-order valence-electron chi connectivity index (χ0n) is 10.2. The monoisotopic (exact) mass is 302 g/mol. The molecule has 0 saturated heterocycles. The fraction of sp³-hybridized carbons (Fsp3) is 0.125. The molecule has 0 saturated carbocycles. The molecule has 1 aliphatic heterocycles. The Bertz CT molecular complexity index is 565. The van der Waals surface area contributed by atoms with Crippen LogP contribution >= 0.6 is 37.0 Å². The predicted molar refractivity (Wildman–Crippen MR) is 89.6 cm³/mol. The quantitative estimate of drug-likeness (QED) is 0.557. The highest BCUT2D eigenvalue weighted by atomic mass is 32.2. The first kappa shape index (κ1) is 13.2. The lowest BCUT2D eigenvalue weighted by atomic mass is 10.1. The normalized spacial score (nSPS) is 21.8. The number of thiol groups is 2. The summed E-state index contributed by atoms with van der Waals surface area (Å²) in [7, 11) is 0. The Kier molecular flexibility index (Phi) is 3.96. The lowest BCUT2D eigenvalue weighted by Crippen LogP contribution is -1.92. The van der Waals surface area contributed by atoms with E-state index in [4.69, 9.17) is 0 Å². The van der Waals surface area contributed by atoms with Crippen LogP contribution < -0.4 is 0 Å². The van der Waals surface area contributed by atoms with Gasteiger partial charge in [0.1, 0.15) is 0 Å². The van der Waals surface area contributed by atoms with Gasteiger partial charge in [-0.1, -0.05) is 48.6 Å². The van der Waals surface area contributed by atoms with Gasteiger partial charge in [0, 0.05) is 20.3 Å². The molecule has 0 aromatic heterocycles. The van der Waals surface area contributed by atoms with Crippen molar-refractivity contribution in [2.24, 2.45) is 0 Å². The smallest absolute Gasteiger partial charge is 0.0498 e. The molecule has 3 heteroatoms. The van der Waals surface area contributed by atoms with E-state index in [2.05, 4.69) is 61.7 Å². The van der Waals surface area contributed by atoms with Crippen molar-refractivity contribution < 1.29 is 0 Å². The van der Waals surface area contributed by atoms with Gasteiger partial charge in [-0.05, 0) is 23.3 Å². The molecule has 0 bridgehead atoms. The van der Waals surface area contributed by atoms with Crippen LogP contribution in [0, 0.1) is 0 Å². The van der Waals surface area contributed by atoms with Gasteiger partial charge in [-0.25, -0.2) is 0 Å². The van der Waals surface area contributed by atoms with Crippen LogP contribution in [0.25, 0.3) is 0 Å². The molecule has 2 atom stereocenters. The molecule has 2 unspecified atom stereocenters. The summed E-state index contributed by atoms with van der Waals surface area (Å²) in [6.45, 7) is 0. The van der Waals surface area contributed by atoms with Crippen molar-refractivity contribution in [2.75, 3.05) is 0 Å². The zero-order chi connectivity index (χ0) is 13.2. The standard InChI is InChI=1S/C16H14S3/c17-13-7-3-1-5-11(13)15-9-10-16(19-15)12-6-2-4-8-14(12)18/h1-10,15-18H. The molecule has 0 fully saturated rings. The van der Waals surface area contributed by atoms with Crippen molar-refractivity contribution in [1.29, 1.82) is 0 Å². The van der Waals surface area contributed by atoms with Crippen LogP contribution in [0.15, 0.2) is 70.5 Å². The summed E-state index contributed by atoms with van der Waals surface area (Å²) >= 11 is 11.0. The molecule has 1 aliphatic rings. The lowest BCUT2D eigenvalue weighted by molar-refractivity contribution is 1.16. The minimum absolute atomic E-state index is 0.381. The van der Waals surface area contributed by atoms with E-state index in [-0.39, 0.29) is 0 Å². The summed E-state index contributed by atoms with van der Waals surface area (Å²) < 4.78 is 0. The van der Waals surface area contributed by atoms with E-state index in [1.807, 2.05) is 36.0 Å². The maximum atomic E-state index is 4.55. The highest BCUT2D eigenvalue weighted by molar-refractivity contribution is 8.00. The fourth-order valence-electron chi connectivity index (χ4n) is 2.26. The third-order valence-electron chi connectivity index (χ3n) is 3.24. The zero-order valence-corrected chi connectivity index (χ0v) is 12.8. The summed E-state index contributed by atoms with van der Waals surface area (Å²) in [6, 6.07) is 16.6. The first-order valence-electron chi connectivity index (χ1n) is 6.15. The molecular weight excluding hydrogens is 288 g/mol. The largest absolute Gasteiger partial charge is 0.143 e. The Labute approximate surface area is 129 Å². The molecule has 19 heavy (non-hydrogen) atoms. The van der Waals surface area contributed by atoms with Gasteiger partial charge in [0.15, 0.2) is 0 Å². The highest BCUT2D eigenvalue weighted by Gasteiger charge is 2.24. The molecular formula is C16H14S3. The number of rotatable bonds is 2. The topological polar surface area (TPSA) is 0 Å². The van der Waals surface area contributed by atoms with Gasteiger partial charge in [-0.2, -0.15) is 0 Å². The molecule has 0 amide bonds. The number of hydrogen-bond acceptors (Lipinski definition) is 3. The highest BCUT2D eigenvalue weighted by Crippen LogP contribution is 2.49. The third-order valence-corrected chi connectivity index (χ3v) is 5.46. The Balaban J connectivity index is 1.84. The van der Waals surface area contributed by atoms with E-state index in [1.165, 1.54) is 11.1 Å². The Morgan fingerprint density at radius 2 is 1.11 bits per heavy atom. The first-order valence-corrected chi connectivity index (χ1v) is 7.99. The average Bonchev–Trinajstić information content (AvgIpc) is 2.89. The molecule has 2 aromatic carbocycles. The summed E-state index contributed by atoms with van der Waals surface area (Å²) in [5.41, 5.74) is 2.57. The molecule has 0 aliphatic carbocycles. The Morgan fingerprint density at radius 3 is 1.53 bits per heavy atom. The van der Waals surface area contributed by atoms with E-state index in [0.29, 0.717) is 10.5 Å². The van der Waals surface area contributed by atoms with Crippen molar-refractivity contribution in [3.63, 3.8) is 0 Å². The van der Waals surface area contributed by atoms with Gasteiger partial charge in [-0.3, -0.25) is 0 Å². The average molecular weight is 302 g/mol. The number of hydrogen-bond donors (Lipinski definition) is 2. The van der Waals surface area contributed by atoms with Crippen molar-refractivity contribution in [3.8, 4) is 0 Å². The third kappa shape index (κ3) is 2.73. The van der Waals surface area contributed by atoms with Crippen LogP contribution in [-0.4, -0.2) is 0 Å². The van der Waals surface area contributed by atoms with Gasteiger partial charge in [0.2, 0.25) is 0 Å². The van der Waals surface area contributed by atoms with Gasteiger partial charge >= 0.3 is 0 Å². The van der Waals surface area contributed by atoms with Gasteiger partial charge in [0.25, 0.3) is 0 Å². The molecule has 0 spiro atoms. The molecule has 1 heterocycles. The summed E-state index contributed by atoms with van der Waals surface area (Å²) in [5.74, 6) is 0. The maximum absolute atomic E-state index is 4.55. The van der Waals surface area contributed by atoms with Crippen molar-refractivity contribution >= 4 is 37.0 Å². The Morgan fingerprint density at radius 1 is 0.684 bits per heavy atom. The first-order chi connectivity index (χ1) is 9.25. The second-order valence-electron chi connectivity index (χ2n) is 4.48. The minimum atomic E-state index is 0.381. The van der Waals surface area contributed by atoms with Crippen LogP contribution in [-0.2, 0) is 0 Å². The predicted octanol–water partition coefficient (Wildman–Crippen LogP) is 5.35. The number of thioether (sulfide) groups is 1. The van der Waals surface area contributed by atoms with E-state index in [9.17, 15) is 0 Å². The van der Waals surface area contributed by atoms with Gasteiger partial charge in [0.05, 0.1) is 0 Å². The van der Waals surface area contributed by atoms with E-state index >= 15 is 0 Å². The second-order valence-corrected chi connectivity index (χ2v) is 6.73. The molecule has 0 radical (unpaired) electrons. The SMILES string of the molecule is Sc1ccccc1C1C=CC(c2ccccc2S)S1. The van der Waals surface area contributed by atoms with Crippen molar-refractivity contribution in [1.82, 2.24) is 0 Å². The number of benzene rings is 2. The van der Waals surface area contributed by atoms with Crippen LogP contribution in [0.2, 0.25) is 0 Å². The van der Waals surface area contributed by atoms with Gasteiger partial charge in [-0.15, -0.1) is 37.0 Å². The maximum Gasteiger partial charge on any atom is 0.0498 e. The summed E-state index contributed by atoms with van der Waals surface area (Å²) in [5, 5.41) is 0.762. The summed E-state index contributed by atoms with van der Waals surface area (Å²) in [6.07, 6.45) is 4.54. The second kappa shape index (κ2) is 5.70. The molecule has 2 aromatic rings.